The van der Waals surface area contributed by atoms with Crippen molar-refractivity contribution in [2.24, 2.45) is 0 Å². The molecule has 1 amide bonds. The van der Waals surface area contributed by atoms with E-state index in [-0.39, 0.29) is 50.1 Å². The van der Waals surface area contributed by atoms with Crippen molar-refractivity contribution < 1.29 is 41.9 Å². The molecule has 1 aromatic carbocycles. The van der Waals surface area contributed by atoms with E-state index in [1.165, 1.54) is 69.1 Å². The van der Waals surface area contributed by atoms with E-state index in [4.69, 9.17) is 0 Å². The van der Waals surface area contributed by atoms with Gasteiger partial charge in [0, 0.05) is 45.7 Å². The molecule has 0 aliphatic heterocycles. The van der Waals surface area contributed by atoms with Crippen molar-refractivity contribution >= 4 is 18.9 Å². The van der Waals surface area contributed by atoms with Gasteiger partial charge in [-0.1, -0.05) is 53.4 Å². The molecule has 0 aliphatic carbocycles. The molecule has 0 heterocycles. The molecule has 169 valence electrons. The zero-order chi connectivity index (χ0) is 21.9. The summed E-state index contributed by atoms with van der Waals surface area (Å²) in [5.41, 5.74) is 2.55. The first-order valence-corrected chi connectivity index (χ1v) is 14.2. The number of halogens is 1. The molecule has 0 spiro atoms. The molecule has 0 bridgehead atoms. The molecule has 1 unspecified atom stereocenters. The van der Waals surface area contributed by atoms with E-state index in [1.807, 2.05) is 13.8 Å². The average Bonchev–Trinajstić information content (AvgIpc) is 2.68. The Morgan fingerprint density at radius 2 is 1.33 bits per heavy atom. The molecule has 5 heteroatoms. The van der Waals surface area contributed by atoms with Crippen LogP contribution in [0.3, 0.4) is 0 Å². The number of unbranched alkanes of at least 4 members (excludes halogenated alkanes) is 3. The van der Waals surface area contributed by atoms with Crippen LogP contribution in [-0.4, -0.2) is 30.1 Å². The Balaban J connectivity index is 0.00000841. The second kappa shape index (κ2) is 15.9. The van der Waals surface area contributed by atoms with Crippen LogP contribution in [0.25, 0.3) is 0 Å². The number of benzene rings is 1. The van der Waals surface area contributed by atoms with Crippen molar-refractivity contribution in [2.75, 3.05) is 23.8 Å². The van der Waals surface area contributed by atoms with Gasteiger partial charge in [-0.3, -0.25) is 4.79 Å². The van der Waals surface area contributed by atoms with Crippen LogP contribution in [0.1, 0.15) is 90.2 Å². The number of carbonyl (C=O) groups is 1. The van der Waals surface area contributed by atoms with Gasteiger partial charge in [0.05, 0.1) is 18.5 Å². The normalized spacial score (nSPS) is 12.4. The maximum Gasteiger partial charge on any atom is 0.265 e. The van der Waals surface area contributed by atoms with Gasteiger partial charge in [-0.05, 0) is 62.8 Å². The third kappa shape index (κ3) is 8.95. The van der Waals surface area contributed by atoms with Gasteiger partial charge in [0.2, 0.25) is 0 Å². The summed E-state index contributed by atoms with van der Waals surface area (Å²) in [4.78, 5) is 13.7. The second-order valence-corrected chi connectivity index (χ2v) is 13.1. The van der Waals surface area contributed by atoms with Gasteiger partial charge >= 0.3 is 0 Å². The molecule has 30 heavy (non-hydrogen) atoms. The maximum absolute atomic E-state index is 13.7. The fourth-order valence-electron chi connectivity index (χ4n) is 4.46. The number of aryl methyl sites for hydroxylation is 2. The standard InChI is InChI=1S/C25H43FNOP.Y/c1-7-11-15-29(16-12-8-2,17-13-9-3)23(14-10-4)25(28)27-24-20(5)18-22(26)19-21(24)6;/h18-19,23H,7-17H2,1-6H3;/p+1. The number of anilines is 1. The van der Waals surface area contributed by atoms with Gasteiger partial charge in [0.25, 0.3) is 5.91 Å². The molecule has 0 fully saturated rings. The molecule has 0 aliphatic rings. The van der Waals surface area contributed by atoms with E-state index in [0.717, 1.165) is 29.7 Å². The number of amides is 1. The molecular formula is C25H44FNOPY+. The minimum absolute atomic E-state index is 0. The van der Waals surface area contributed by atoms with Gasteiger partial charge in [-0.15, -0.1) is 0 Å². The van der Waals surface area contributed by atoms with Crippen molar-refractivity contribution in [3.05, 3.63) is 29.1 Å². The number of carbonyl (C=O) groups excluding carboxylic acids is 1. The molecule has 1 N–H and O–H groups in total. The molecule has 0 saturated heterocycles. The minimum atomic E-state index is -1.39. The Kier molecular flexibility index (Phi) is 16.0. The van der Waals surface area contributed by atoms with Gasteiger partial charge < -0.3 is 5.32 Å². The number of hydrogen-bond donors (Lipinski definition) is 1. The summed E-state index contributed by atoms with van der Waals surface area (Å²) in [6.45, 7) is 12.7. The van der Waals surface area contributed by atoms with E-state index < -0.39 is 7.26 Å². The van der Waals surface area contributed by atoms with Gasteiger partial charge in [-0.2, -0.15) is 0 Å². The minimum Gasteiger partial charge on any atom is -0.322 e. The van der Waals surface area contributed by atoms with Crippen molar-refractivity contribution in [3.8, 4) is 0 Å². The Bertz CT molecular complexity index is 593. The Hall–Kier alpha value is 0.154. The largest absolute Gasteiger partial charge is 0.322 e. The first-order chi connectivity index (χ1) is 13.8. The Morgan fingerprint density at radius 1 is 0.900 bits per heavy atom. The molecule has 1 rings (SSSR count). The summed E-state index contributed by atoms with van der Waals surface area (Å²) < 4.78 is 13.7. The van der Waals surface area contributed by atoms with Crippen LogP contribution in [0.15, 0.2) is 12.1 Å². The van der Waals surface area contributed by atoms with Crippen LogP contribution in [0.2, 0.25) is 0 Å². The molecule has 0 aromatic heterocycles. The molecule has 2 nitrogen and oxygen atoms in total. The van der Waals surface area contributed by atoms with Crippen LogP contribution >= 0.6 is 7.26 Å². The van der Waals surface area contributed by atoms with E-state index >= 15 is 0 Å². The van der Waals surface area contributed by atoms with Crippen molar-refractivity contribution in [3.63, 3.8) is 0 Å². The predicted octanol–water partition coefficient (Wildman–Crippen LogP) is 7.97. The Morgan fingerprint density at radius 3 is 1.70 bits per heavy atom. The summed E-state index contributed by atoms with van der Waals surface area (Å²) in [5.74, 6) is -0.0555. The monoisotopic (exact) mass is 513 g/mol. The smallest absolute Gasteiger partial charge is 0.265 e. The van der Waals surface area contributed by atoms with Gasteiger partial charge in [-0.25, -0.2) is 4.39 Å². The third-order valence-corrected chi connectivity index (χ3v) is 11.6. The zero-order valence-corrected chi connectivity index (χ0v) is 24.1. The third-order valence-electron chi connectivity index (χ3n) is 6.14. The van der Waals surface area contributed by atoms with Crippen molar-refractivity contribution in [1.82, 2.24) is 0 Å². The van der Waals surface area contributed by atoms with Crippen LogP contribution in [-0.2, 0) is 37.5 Å². The fourth-order valence-corrected chi connectivity index (χ4v) is 10.3. The maximum atomic E-state index is 13.7. The molecule has 0 saturated carbocycles. The number of nitrogens with one attached hydrogen (secondary N) is 1. The number of hydrogen-bond acceptors (Lipinski definition) is 1. The summed E-state index contributed by atoms with van der Waals surface area (Å²) in [6, 6.07) is 3.04. The van der Waals surface area contributed by atoms with E-state index in [1.54, 1.807) is 0 Å². The van der Waals surface area contributed by atoms with Gasteiger partial charge in [0.15, 0.2) is 0 Å². The molecule has 1 radical (unpaired) electrons. The second-order valence-electron chi connectivity index (χ2n) is 8.66. The summed E-state index contributed by atoms with van der Waals surface area (Å²) in [6.07, 6.45) is 13.0. The van der Waals surface area contributed by atoms with Crippen molar-refractivity contribution in [1.29, 1.82) is 0 Å². The van der Waals surface area contributed by atoms with Crippen LogP contribution in [0, 0.1) is 19.7 Å². The van der Waals surface area contributed by atoms with Crippen LogP contribution in [0.5, 0.6) is 0 Å². The fraction of sp³-hybridized carbons (Fsp3) is 0.720. The Labute approximate surface area is 211 Å². The quantitative estimate of drug-likeness (QED) is 0.251. The zero-order valence-electron chi connectivity index (χ0n) is 20.3. The van der Waals surface area contributed by atoms with E-state index in [0.29, 0.717) is 0 Å². The van der Waals surface area contributed by atoms with E-state index in [9.17, 15) is 9.18 Å². The summed E-state index contributed by atoms with van der Waals surface area (Å²) in [7, 11) is -1.39. The van der Waals surface area contributed by atoms with Crippen LogP contribution < -0.4 is 5.32 Å². The molecule has 1 aromatic rings. The topological polar surface area (TPSA) is 29.1 Å². The first-order valence-electron chi connectivity index (χ1n) is 11.8. The first kappa shape index (κ1) is 30.2. The molecule has 1 atom stereocenters. The van der Waals surface area contributed by atoms with Crippen LogP contribution in [0.4, 0.5) is 10.1 Å². The predicted molar refractivity (Wildman–Crippen MR) is 129 cm³/mol. The van der Waals surface area contributed by atoms with Gasteiger partial charge in [0.1, 0.15) is 11.5 Å². The van der Waals surface area contributed by atoms with Crippen molar-refractivity contribution in [2.45, 2.75) is 98.6 Å². The average molecular weight is 514 g/mol. The summed E-state index contributed by atoms with van der Waals surface area (Å²) in [5, 5.41) is 3.25. The SMILES string of the molecule is CCCC[P+](CCCC)(CCCC)C(CCC)C(=O)Nc1c(C)cc(F)cc1C.[Y]. The number of rotatable bonds is 14. The molecular weight excluding hydrogens is 469 g/mol. The van der Waals surface area contributed by atoms with E-state index in [2.05, 4.69) is 33.0 Å². The summed E-state index contributed by atoms with van der Waals surface area (Å²) >= 11 is 0.